The molecule has 1 heterocycles. The van der Waals surface area contributed by atoms with Gasteiger partial charge in [-0.05, 0) is 23.8 Å². The molecule has 1 aliphatic heterocycles. The van der Waals surface area contributed by atoms with E-state index in [0.29, 0.717) is 11.1 Å². The van der Waals surface area contributed by atoms with Crippen molar-refractivity contribution in [2.24, 2.45) is 0 Å². The van der Waals surface area contributed by atoms with Crippen LogP contribution in [0.4, 0.5) is 5.69 Å². The van der Waals surface area contributed by atoms with E-state index in [2.05, 4.69) is 0 Å². The van der Waals surface area contributed by atoms with Crippen molar-refractivity contribution in [3.05, 3.63) is 52.5 Å². The molecule has 0 saturated carbocycles. The predicted molar refractivity (Wildman–Crippen MR) is 102 cm³/mol. The van der Waals surface area contributed by atoms with Crippen molar-refractivity contribution >= 4 is 43.5 Å². The lowest BCUT2D eigenvalue weighted by atomic mass is 10.0. The third kappa shape index (κ3) is 4.49. The molecule has 0 bridgehead atoms. The van der Waals surface area contributed by atoms with E-state index in [0.717, 1.165) is 10.6 Å². The fourth-order valence-electron chi connectivity index (χ4n) is 2.69. The minimum atomic E-state index is -4.04. The molecule has 12 heteroatoms. The smallest absolute Gasteiger partial charge is 0.326 e. The number of carbonyl (C=O) groups is 1. The maximum Gasteiger partial charge on any atom is 0.326 e. The zero-order valence-electron chi connectivity index (χ0n) is 14.4. The number of hydrogen-bond acceptors (Lipinski definition) is 7. The van der Waals surface area contributed by atoms with Gasteiger partial charge >= 0.3 is 20.3 Å². The van der Waals surface area contributed by atoms with E-state index in [9.17, 15) is 26.7 Å². The van der Waals surface area contributed by atoms with Crippen molar-refractivity contribution in [1.82, 2.24) is 4.72 Å². The number of hydrogen-bond donors (Lipinski definition) is 2. The third-order valence-electron chi connectivity index (χ3n) is 3.79. The first-order valence-corrected chi connectivity index (χ1v) is 11.4. The van der Waals surface area contributed by atoms with Crippen molar-refractivity contribution < 1.29 is 30.9 Å². The number of nitrogens with one attached hydrogen (secondary N) is 1. The van der Waals surface area contributed by atoms with Crippen molar-refractivity contribution in [1.29, 1.82) is 0 Å². The third-order valence-corrected chi connectivity index (χ3v) is 5.90. The summed E-state index contributed by atoms with van der Waals surface area (Å²) in [5.41, 5.74) is 0.997. The molecule has 0 radical (unpaired) electrons. The van der Waals surface area contributed by atoms with E-state index in [1.54, 1.807) is 18.2 Å². The summed E-state index contributed by atoms with van der Waals surface area (Å²) in [5, 5.41) is 10.5. The second-order valence-electron chi connectivity index (χ2n) is 6.08. The molecule has 2 N–H and O–H groups in total. The Bertz CT molecular complexity index is 1160. The van der Waals surface area contributed by atoms with Crippen LogP contribution in [-0.4, -0.2) is 40.6 Å². The Kier molecular flexibility index (Phi) is 5.17. The summed E-state index contributed by atoms with van der Waals surface area (Å²) in [6.07, 6.45) is 1.09. The Morgan fingerprint density at radius 1 is 1.25 bits per heavy atom. The number of aromatic hydroxyl groups is 1. The van der Waals surface area contributed by atoms with Crippen LogP contribution in [0.5, 0.6) is 11.5 Å². The number of phenols is 1. The van der Waals surface area contributed by atoms with Gasteiger partial charge in [0.25, 0.3) is 5.91 Å². The molecule has 2 aromatic carbocycles. The summed E-state index contributed by atoms with van der Waals surface area (Å²) in [4.78, 5) is 11.4. The Morgan fingerprint density at radius 2 is 1.96 bits per heavy atom. The van der Waals surface area contributed by atoms with Gasteiger partial charge in [-0.25, -0.2) is 9.03 Å². The van der Waals surface area contributed by atoms with Gasteiger partial charge in [0.2, 0.25) is 0 Å². The number of phenolic OH excluding ortho intramolecular Hbond substituents is 1. The summed E-state index contributed by atoms with van der Waals surface area (Å²) >= 11 is 5.90. The molecule has 0 aliphatic carbocycles. The summed E-state index contributed by atoms with van der Waals surface area (Å²) < 4.78 is 54.2. The second-order valence-corrected chi connectivity index (χ2v) is 9.68. The highest BCUT2D eigenvalue weighted by Crippen LogP contribution is 2.33. The fraction of sp³-hybridized carbons (Fsp3) is 0.188. The summed E-state index contributed by atoms with van der Waals surface area (Å²) in [6, 6.07) is 8.74. The molecule has 28 heavy (non-hydrogen) atoms. The number of halogens is 1. The average molecular weight is 447 g/mol. The van der Waals surface area contributed by atoms with E-state index in [1.807, 2.05) is 4.72 Å². The summed E-state index contributed by atoms with van der Waals surface area (Å²) in [5.74, 6) is -1.00. The largest absolute Gasteiger partial charge is 0.506 e. The SMILES string of the molecule is CS(=O)(=O)Oc1cc(Cl)ccc1Cc1ccc(N2CC(=O)NS2(=O)=O)c(O)c1. The van der Waals surface area contributed by atoms with Gasteiger partial charge in [0.15, 0.2) is 0 Å². The molecule has 1 saturated heterocycles. The second kappa shape index (κ2) is 7.15. The number of benzene rings is 2. The van der Waals surface area contributed by atoms with Crippen LogP contribution in [0.15, 0.2) is 36.4 Å². The van der Waals surface area contributed by atoms with E-state index < -0.39 is 32.8 Å². The highest BCUT2D eigenvalue weighted by Gasteiger charge is 2.35. The van der Waals surface area contributed by atoms with E-state index in [4.69, 9.17) is 15.8 Å². The first-order chi connectivity index (χ1) is 12.9. The van der Waals surface area contributed by atoms with Crippen molar-refractivity contribution in [3.63, 3.8) is 0 Å². The topological polar surface area (TPSA) is 130 Å². The number of amides is 1. The maximum absolute atomic E-state index is 11.9. The Labute approximate surface area is 166 Å². The summed E-state index contributed by atoms with van der Waals surface area (Å²) in [7, 11) is -7.82. The minimum absolute atomic E-state index is 0.0502. The zero-order chi connectivity index (χ0) is 20.7. The molecule has 0 spiro atoms. The number of nitrogens with zero attached hydrogens (tertiary/aromatic N) is 1. The van der Waals surface area contributed by atoms with Crippen LogP contribution < -0.4 is 13.2 Å². The lowest BCUT2D eigenvalue weighted by Gasteiger charge is -2.17. The number of carbonyl (C=O) groups excluding carboxylic acids is 1. The number of anilines is 1. The molecule has 1 fully saturated rings. The zero-order valence-corrected chi connectivity index (χ0v) is 16.8. The predicted octanol–water partition coefficient (Wildman–Crippen LogP) is 1.16. The van der Waals surface area contributed by atoms with Crippen LogP contribution in [0.3, 0.4) is 0 Å². The van der Waals surface area contributed by atoms with Gasteiger partial charge in [0.1, 0.15) is 18.0 Å². The lowest BCUT2D eigenvalue weighted by Crippen LogP contribution is -2.29. The molecule has 9 nitrogen and oxygen atoms in total. The molecule has 3 rings (SSSR count). The monoisotopic (exact) mass is 446 g/mol. The van der Waals surface area contributed by atoms with E-state index >= 15 is 0 Å². The van der Waals surface area contributed by atoms with Gasteiger partial charge in [0.05, 0.1) is 11.9 Å². The molecular formula is C16H15ClN2O7S2. The standard InChI is InChI=1S/C16H15ClN2O7S2/c1-27(22,23)26-15-8-12(17)4-3-11(15)6-10-2-5-13(14(20)7-10)19-9-16(21)18-28(19,24)25/h2-5,7-8,20H,6,9H2,1H3,(H,18,21). The van der Waals surface area contributed by atoms with Crippen LogP contribution in [0.2, 0.25) is 5.02 Å². The highest BCUT2D eigenvalue weighted by molar-refractivity contribution is 7.92. The van der Waals surface area contributed by atoms with Gasteiger partial charge < -0.3 is 9.29 Å². The quantitative estimate of drug-likeness (QED) is 0.659. The Morgan fingerprint density at radius 3 is 2.54 bits per heavy atom. The van der Waals surface area contributed by atoms with Crippen LogP contribution in [-0.2, 0) is 31.5 Å². The molecule has 1 amide bonds. The minimum Gasteiger partial charge on any atom is -0.506 e. The molecule has 0 unspecified atom stereocenters. The Balaban J connectivity index is 1.91. The van der Waals surface area contributed by atoms with E-state index in [1.165, 1.54) is 18.2 Å². The molecular weight excluding hydrogens is 432 g/mol. The average Bonchev–Trinajstić information content (AvgIpc) is 2.81. The van der Waals surface area contributed by atoms with Gasteiger partial charge in [-0.3, -0.25) is 4.79 Å². The molecule has 0 aromatic heterocycles. The van der Waals surface area contributed by atoms with Gasteiger partial charge in [-0.15, -0.1) is 0 Å². The van der Waals surface area contributed by atoms with Gasteiger partial charge in [0, 0.05) is 23.1 Å². The van der Waals surface area contributed by atoms with Crippen LogP contribution in [0.25, 0.3) is 0 Å². The van der Waals surface area contributed by atoms with E-state index in [-0.39, 0.29) is 28.6 Å². The number of rotatable bonds is 5. The highest BCUT2D eigenvalue weighted by atomic mass is 35.5. The van der Waals surface area contributed by atoms with Crippen molar-refractivity contribution in [3.8, 4) is 11.5 Å². The van der Waals surface area contributed by atoms with Crippen molar-refractivity contribution in [2.75, 3.05) is 17.1 Å². The normalized spacial score (nSPS) is 16.1. The van der Waals surface area contributed by atoms with Gasteiger partial charge in [-0.1, -0.05) is 23.7 Å². The molecule has 0 atom stereocenters. The fourth-order valence-corrected chi connectivity index (χ4v) is 4.49. The van der Waals surface area contributed by atoms with Crippen LogP contribution >= 0.6 is 11.6 Å². The lowest BCUT2D eigenvalue weighted by molar-refractivity contribution is -0.117. The van der Waals surface area contributed by atoms with Gasteiger partial charge in [-0.2, -0.15) is 16.8 Å². The van der Waals surface area contributed by atoms with Crippen LogP contribution in [0.1, 0.15) is 11.1 Å². The first kappa shape index (κ1) is 20.2. The van der Waals surface area contributed by atoms with Crippen molar-refractivity contribution in [2.45, 2.75) is 6.42 Å². The first-order valence-electron chi connectivity index (χ1n) is 7.78. The maximum atomic E-state index is 11.9. The molecule has 150 valence electrons. The molecule has 2 aromatic rings. The van der Waals surface area contributed by atoms with Crippen LogP contribution in [0, 0.1) is 0 Å². The Hall–Kier alpha value is -2.50. The summed E-state index contributed by atoms with van der Waals surface area (Å²) in [6.45, 7) is -0.432. The molecule has 1 aliphatic rings.